The van der Waals surface area contributed by atoms with Crippen LogP contribution in [0.3, 0.4) is 0 Å². The van der Waals surface area contributed by atoms with Crippen molar-refractivity contribution in [3.8, 4) is 6.01 Å². The van der Waals surface area contributed by atoms with Crippen LogP contribution in [0.15, 0.2) is 40.2 Å². The summed E-state index contributed by atoms with van der Waals surface area (Å²) in [7, 11) is -2.87. The molecule has 5 unspecified atom stereocenters. The molecule has 0 amide bonds. The predicted molar refractivity (Wildman–Crippen MR) is 221 cm³/mol. The van der Waals surface area contributed by atoms with Gasteiger partial charge in [0, 0.05) is 43.3 Å². The first-order chi connectivity index (χ1) is 26.4. The van der Waals surface area contributed by atoms with E-state index in [0.29, 0.717) is 73.3 Å². The monoisotopic (exact) mass is 810 g/mol. The number of aromatic amines is 1. The Hall–Kier alpha value is -2.28. The van der Waals surface area contributed by atoms with Gasteiger partial charge in [-0.3, -0.25) is 14.6 Å². The van der Waals surface area contributed by atoms with Gasteiger partial charge in [0.15, 0.2) is 9.84 Å². The average Bonchev–Trinajstić information content (AvgIpc) is 3.75. The quantitative estimate of drug-likeness (QED) is 0.208. The van der Waals surface area contributed by atoms with Crippen molar-refractivity contribution in [1.29, 1.82) is 0 Å². The number of allylic oxidation sites excluding steroid dienone is 5. The lowest BCUT2D eigenvalue weighted by Gasteiger charge is -2.69. The van der Waals surface area contributed by atoms with Crippen molar-refractivity contribution < 1.29 is 23.1 Å². The molecule has 0 radical (unpaired) electrons. The minimum atomic E-state index is -2.87. The molecule has 56 heavy (non-hydrogen) atoms. The second-order valence-corrected chi connectivity index (χ2v) is 23.4. The summed E-state index contributed by atoms with van der Waals surface area (Å²) in [6.07, 6.45) is 17.5. The van der Waals surface area contributed by atoms with Gasteiger partial charge < -0.3 is 20.1 Å². The van der Waals surface area contributed by atoms with Crippen LogP contribution in [0.25, 0.3) is 0 Å². The molecule has 7 aliphatic rings. The number of fused-ring (bicyclic) bond motifs is 7. The van der Waals surface area contributed by atoms with Gasteiger partial charge in [-0.15, -0.1) is 4.37 Å². The lowest BCUT2D eigenvalue weighted by atomic mass is 9.36. The third-order valence-electron chi connectivity index (χ3n) is 17.5. The molecule has 1 saturated heterocycles. The summed E-state index contributed by atoms with van der Waals surface area (Å²) in [6.45, 7) is 20.2. The zero-order valence-electron chi connectivity index (χ0n) is 34.5. The summed E-state index contributed by atoms with van der Waals surface area (Å²) >= 11 is 0.775. The number of carboxylic acid groups (broad SMARTS) is 1. The Balaban J connectivity index is 0.990. The van der Waals surface area contributed by atoms with Crippen LogP contribution in [0.4, 0.5) is 0 Å². The largest absolute Gasteiger partial charge is 0.481 e. The number of nitrogens with zero attached hydrogens (tertiary/aromatic N) is 2. The minimum absolute atomic E-state index is 0.0164. The first-order valence-electron chi connectivity index (χ1n) is 21.6. The first kappa shape index (κ1) is 40.5. The number of sulfone groups is 1. The van der Waals surface area contributed by atoms with Crippen molar-refractivity contribution in [1.82, 2.24) is 19.6 Å². The molecular weight excluding hydrogens is 745 g/mol. The highest BCUT2D eigenvalue weighted by molar-refractivity contribution is 7.91. The molecule has 0 aromatic carbocycles. The molecule has 310 valence electrons. The minimum Gasteiger partial charge on any atom is -0.481 e. The van der Waals surface area contributed by atoms with Crippen molar-refractivity contribution >= 4 is 27.3 Å². The summed E-state index contributed by atoms with van der Waals surface area (Å²) in [5.41, 5.74) is 3.69. The Morgan fingerprint density at radius 1 is 1.02 bits per heavy atom. The Kier molecular flexibility index (Phi) is 10.5. The fourth-order valence-electron chi connectivity index (χ4n) is 14.7. The van der Waals surface area contributed by atoms with Crippen LogP contribution in [0.2, 0.25) is 0 Å². The molecule has 4 saturated carbocycles. The third kappa shape index (κ3) is 6.72. The van der Waals surface area contributed by atoms with Crippen molar-refractivity contribution in [3.63, 3.8) is 0 Å². The number of aliphatic carboxylic acids is 1. The summed E-state index contributed by atoms with van der Waals surface area (Å²) < 4.78 is 33.8. The van der Waals surface area contributed by atoms with E-state index in [9.17, 15) is 23.1 Å². The van der Waals surface area contributed by atoms with Crippen molar-refractivity contribution in [2.24, 2.45) is 57.2 Å². The van der Waals surface area contributed by atoms with Crippen LogP contribution in [0.1, 0.15) is 112 Å². The van der Waals surface area contributed by atoms with E-state index in [0.717, 1.165) is 31.0 Å². The smallest absolute Gasteiger partial charge is 0.326 e. The zero-order valence-corrected chi connectivity index (χ0v) is 36.1. The third-order valence-corrected chi connectivity index (χ3v) is 19.6. The van der Waals surface area contributed by atoms with Gasteiger partial charge in [0.25, 0.3) is 0 Å². The molecule has 1 aliphatic heterocycles. The Bertz CT molecular complexity index is 1940. The van der Waals surface area contributed by atoms with Gasteiger partial charge in [-0.1, -0.05) is 52.0 Å². The molecule has 12 heteroatoms. The van der Waals surface area contributed by atoms with Crippen LogP contribution in [0.5, 0.6) is 6.01 Å². The fraction of sp³-hybridized carbons (Fsp3) is 0.795. The number of aromatic nitrogens is 2. The fourth-order valence-corrected chi connectivity index (χ4v) is 16.4. The van der Waals surface area contributed by atoms with Gasteiger partial charge in [-0.25, -0.2) is 8.42 Å². The standard InChI is InChI=1S/C44H66N4O6S2/c1-28(2)30-11-19-44(45-21-22-48-23-25-56(52,53)26-24-48)20-13-33-31(36(30)44)7-8-35-41(33,5)16-14-34-40(3,4)32(12-15-42(34,35)6)29-9-17-43(18-10-29,37(49)50)27-54-38-46-39(51)55-47-38/h9,12,30-31,33-36,45H,1,7-8,10-11,13-27H2,2-6H3,(H,49,50)(H,46,47,51)/t30-,31-,33?,34?,35?,36?,41-,42-,43?,44-/m0/s1. The van der Waals surface area contributed by atoms with Gasteiger partial charge in [-0.05, 0) is 147 Å². The van der Waals surface area contributed by atoms with Crippen LogP contribution < -0.4 is 14.9 Å². The second-order valence-electron chi connectivity index (χ2n) is 20.4. The molecule has 2 heterocycles. The highest BCUT2D eigenvalue weighted by Crippen LogP contribution is 2.73. The van der Waals surface area contributed by atoms with Crippen molar-refractivity contribution in [3.05, 3.63) is 45.1 Å². The van der Waals surface area contributed by atoms with Gasteiger partial charge in [0.1, 0.15) is 12.0 Å². The second kappa shape index (κ2) is 14.5. The Labute approximate surface area is 338 Å². The SMILES string of the molecule is C=C(C)[C@@H]1CC[C@]2(NCCN3CCS(=O)(=O)CC3)CCC3[C@H](CCC4[C@@]3(C)CCC3C(C)(C)C(C5=CCC(COc6nsc(=O)[nH]6)(C(=O)O)CC5)=CC[C@@]34C)C12. The molecule has 10 atom stereocenters. The molecule has 0 spiro atoms. The number of carboxylic acids is 1. The number of nitrogens with one attached hydrogen (secondary N) is 2. The number of rotatable bonds is 10. The number of hydrogen-bond donors (Lipinski definition) is 3. The summed E-state index contributed by atoms with van der Waals surface area (Å²) in [5.74, 6) is 3.54. The summed E-state index contributed by atoms with van der Waals surface area (Å²) in [5, 5.41) is 14.5. The predicted octanol–water partition coefficient (Wildman–Crippen LogP) is 7.27. The van der Waals surface area contributed by atoms with Crippen LogP contribution in [0, 0.1) is 57.2 Å². The molecule has 10 nitrogen and oxygen atoms in total. The molecule has 0 bridgehead atoms. The molecule has 1 aromatic heterocycles. The van der Waals surface area contributed by atoms with E-state index in [1.807, 2.05) is 0 Å². The van der Waals surface area contributed by atoms with E-state index in [-0.39, 0.29) is 45.4 Å². The lowest BCUT2D eigenvalue weighted by Crippen LogP contribution is -2.64. The Morgan fingerprint density at radius 3 is 2.43 bits per heavy atom. The van der Waals surface area contributed by atoms with Crippen molar-refractivity contribution in [2.75, 3.05) is 44.3 Å². The normalized spacial score (nSPS) is 41.6. The van der Waals surface area contributed by atoms with Gasteiger partial charge >= 0.3 is 16.9 Å². The lowest BCUT2D eigenvalue weighted by molar-refractivity contribution is -0.177. The van der Waals surface area contributed by atoms with E-state index in [1.54, 1.807) is 0 Å². The van der Waals surface area contributed by atoms with Crippen LogP contribution in [-0.2, 0) is 14.6 Å². The average molecular weight is 811 g/mol. The Morgan fingerprint density at radius 2 is 1.77 bits per heavy atom. The van der Waals surface area contributed by atoms with Gasteiger partial charge in [0.2, 0.25) is 0 Å². The molecule has 8 rings (SSSR count). The van der Waals surface area contributed by atoms with Crippen molar-refractivity contribution in [2.45, 2.75) is 117 Å². The summed E-state index contributed by atoms with van der Waals surface area (Å²) in [4.78, 5) is 28.7. The maximum atomic E-state index is 12.6. The number of hydrogen-bond acceptors (Lipinski definition) is 9. The van der Waals surface area contributed by atoms with E-state index in [1.165, 1.54) is 68.1 Å². The molecule has 6 aliphatic carbocycles. The highest BCUT2D eigenvalue weighted by Gasteiger charge is 2.66. The number of H-pyrrole nitrogens is 1. The maximum Gasteiger partial charge on any atom is 0.326 e. The molecular formula is C44H66N4O6S2. The highest BCUT2D eigenvalue weighted by atomic mass is 32.2. The molecule has 1 aromatic rings. The number of carbonyl (C=O) groups is 1. The van der Waals surface area contributed by atoms with Crippen LogP contribution in [-0.4, -0.2) is 83.6 Å². The number of ether oxygens (including phenoxy) is 1. The van der Waals surface area contributed by atoms with E-state index in [4.69, 9.17) is 4.74 Å². The van der Waals surface area contributed by atoms with E-state index >= 15 is 0 Å². The summed E-state index contributed by atoms with van der Waals surface area (Å²) in [6, 6.07) is 0.0955. The van der Waals surface area contributed by atoms with Crippen LogP contribution >= 0.6 is 11.5 Å². The zero-order chi connectivity index (χ0) is 39.9. The first-order valence-corrected chi connectivity index (χ1v) is 24.2. The maximum absolute atomic E-state index is 12.6. The van der Waals surface area contributed by atoms with Gasteiger partial charge in [0.05, 0.1) is 11.5 Å². The molecule has 3 N–H and O–H groups in total. The van der Waals surface area contributed by atoms with E-state index < -0.39 is 21.2 Å². The van der Waals surface area contributed by atoms with Gasteiger partial charge in [-0.2, -0.15) is 0 Å². The topological polar surface area (TPSA) is 142 Å². The molecule has 5 fully saturated rings. The van der Waals surface area contributed by atoms with E-state index in [2.05, 4.69) is 72.9 Å².